The van der Waals surface area contributed by atoms with Crippen LogP contribution in [-0.4, -0.2) is 21.3 Å². The molecule has 4 N–H and O–H groups in total. The molecule has 1 aromatic carbocycles. The third-order valence-electron chi connectivity index (χ3n) is 2.18. The van der Waals surface area contributed by atoms with Gasteiger partial charge in [0.2, 0.25) is 5.88 Å². The lowest BCUT2D eigenvalue weighted by atomic mass is 10.2. The first-order chi connectivity index (χ1) is 8.65. The van der Waals surface area contributed by atoms with Crippen molar-refractivity contribution in [2.45, 2.75) is 6.54 Å². The maximum atomic E-state index is 10.5. The molecule has 6 nitrogen and oxygen atoms in total. The van der Waals surface area contributed by atoms with Gasteiger partial charge in [0, 0.05) is 12.2 Å². The molecule has 1 aromatic heterocycles. The van der Waals surface area contributed by atoms with Crippen molar-refractivity contribution in [1.29, 1.82) is 0 Å². The highest BCUT2D eigenvalue weighted by molar-refractivity contribution is 7.13. The average molecular weight is 265 g/mol. The number of anilines is 2. The van der Waals surface area contributed by atoms with Crippen molar-refractivity contribution < 1.29 is 15.0 Å². The lowest BCUT2D eigenvalue weighted by Gasteiger charge is -2.09. The molecular formula is C11H11N3O3S. The molecular weight excluding hydrogens is 254 g/mol. The summed E-state index contributed by atoms with van der Waals surface area (Å²) in [5, 5.41) is 25.1. The number of aromatic nitrogens is 1. The molecule has 0 aliphatic carbocycles. The van der Waals surface area contributed by atoms with E-state index in [1.54, 1.807) is 0 Å². The number of nitrogens with zero attached hydrogens (tertiary/aromatic N) is 1. The Morgan fingerprint density at radius 1 is 1.39 bits per heavy atom. The van der Waals surface area contributed by atoms with Gasteiger partial charge >= 0.3 is 6.09 Å². The van der Waals surface area contributed by atoms with E-state index in [0.717, 1.165) is 11.3 Å². The average Bonchev–Trinajstić information content (AvgIpc) is 2.73. The molecule has 18 heavy (non-hydrogen) atoms. The van der Waals surface area contributed by atoms with E-state index < -0.39 is 6.09 Å². The van der Waals surface area contributed by atoms with Gasteiger partial charge in [0.25, 0.3) is 0 Å². The number of hydrogen-bond acceptors (Lipinski definition) is 5. The third-order valence-corrected chi connectivity index (χ3v) is 2.93. The van der Waals surface area contributed by atoms with E-state index in [-0.39, 0.29) is 12.4 Å². The fourth-order valence-electron chi connectivity index (χ4n) is 1.41. The van der Waals surface area contributed by atoms with Crippen molar-refractivity contribution >= 4 is 28.2 Å². The van der Waals surface area contributed by atoms with Gasteiger partial charge in [-0.2, -0.15) is 4.98 Å². The van der Waals surface area contributed by atoms with Crippen LogP contribution in [0.1, 0.15) is 5.56 Å². The van der Waals surface area contributed by atoms with Crippen LogP contribution in [0.5, 0.6) is 5.88 Å². The minimum absolute atomic E-state index is 0.0383. The second-order valence-corrected chi connectivity index (χ2v) is 4.31. The fraction of sp³-hybridized carbons (Fsp3) is 0.0909. The number of carbonyl (C=O) groups is 1. The fourth-order valence-corrected chi connectivity index (χ4v) is 1.99. The Hall–Kier alpha value is -2.28. The largest absolute Gasteiger partial charge is 0.493 e. The van der Waals surface area contributed by atoms with Crippen LogP contribution in [0, 0.1) is 0 Å². The molecule has 0 bridgehead atoms. The van der Waals surface area contributed by atoms with Gasteiger partial charge in [-0.25, -0.2) is 4.79 Å². The Balaban J connectivity index is 2.14. The molecule has 0 atom stereocenters. The van der Waals surface area contributed by atoms with Crippen LogP contribution in [0.2, 0.25) is 0 Å². The summed E-state index contributed by atoms with van der Waals surface area (Å²) in [7, 11) is 0. The first-order valence-electron chi connectivity index (χ1n) is 5.11. The lowest BCUT2D eigenvalue weighted by Crippen LogP contribution is -2.20. The molecule has 0 unspecified atom stereocenters. The predicted molar refractivity (Wildman–Crippen MR) is 68.4 cm³/mol. The van der Waals surface area contributed by atoms with Gasteiger partial charge in [0.05, 0.1) is 5.38 Å². The zero-order valence-corrected chi connectivity index (χ0v) is 10.1. The van der Waals surface area contributed by atoms with Gasteiger partial charge in [0.1, 0.15) is 0 Å². The maximum Gasteiger partial charge on any atom is 0.404 e. The lowest BCUT2D eigenvalue weighted by molar-refractivity contribution is 0.194. The van der Waals surface area contributed by atoms with Gasteiger partial charge in [-0.05, 0) is 11.6 Å². The number of amides is 1. The second kappa shape index (κ2) is 5.37. The van der Waals surface area contributed by atoms with Gasteiger partial charge in [-0.3, -0.25) is 0 Å². The Morgan fingerprint density at radius 2 is 2.17 bits per heavy atom. The van der Waals surface area contributed by atoms with Crippen LogP contribution in [0.3, 0.4) is 0 Å². The quantitative estimate of drug-likeness (QED) is 0.680. The molecule has 2 aromatic rings. The van der Waals surface area contributed by atoms with Crippen LogP contribution in [0.4, 0.5) is 15.6 Å². The van der Waals surface area contributed by atoms with E-state index in [4.69, 9.17) is 10.2 Å². The van der Waals surface area contributed by atoms with Crippen molar-refractivity contribution in [2.24, 2.45) is 0 Å². The first kappa shape index (κ1) is 12.2. The SMILES string of the molecule is O=C(O)NCc1ccccc1Nc1nc(O)cs1. The summed E-state index contributed by atoms with van der Waals surface area (Å²) in [6.45, 7) is 0.204. The van der Waals surface area contributed by atoms with E-state index in [9.17, 15) is 4.79 Å². The van der Waals surface area contributed by atoms with Crippen LogP contribution in [0.25, 0.3) is 0 Å². The summed E-state index contributed by atoms with van der Waals surface area (Å²) < 4.78 is 0. The van der Waals surface area contributed by atoms with Crippen molar-refractivity contribution in [3.05, 3.63) is 35.2 Å². The number of thiazole rings is 1. The normalized spacial score (nSPS) is 10.0. The first-order valence-corrected chi connectivity index (χ1v) is 5.99. The highest BCUT2D eigenvalue weighted by Crippen LogP contribution is 2.25. The van der Waals surface area contributed by atoms with Crippen molar-refractivity contribution in [2.75, 3.05) is 5.32 Å². The van der Waals surface area contributed by atoms with Crippen LogP contribution in [0.15, 0.2) is 29.6 Å². The van der Waals surface area contributed by atoms with E-state index in [1.807, 2.05) is 24.3 Å². The summed E-state index contributed by atoms with van der Waals surface area (Å²) in [4.78, 5) is 14.3. The molecule has 0 aliphatic rings. The maximum absolute atomic E-state index is 10.5. The summed E-state index contributed by atoms with van der Waals surface area (Å²) in [6, 6.07) is 7.28. The van der Waals surface area contributed by atoms with Crippen LogP contribution < -0.4 is 10.6 Å². The van der Waals surface area contributed by atoms with Gasteiger partial charge in [0.15, 0.2) is 5.13 Å². The Bertz CT molecular complexity index is 556. The predicted octanol–water partition coefficient (Wildman–Crippen LogP) is 2.36. The molecule has 1 heterocycles. The van der Waals surface area contributed by atoms with E-state index >= 15 is 0 Å². The van der Waals surface area contributed by atoms with E-state index in [1.165, 1.54) is 16.7 Å². The molecule has 0 saturated heterocycles. The number of benzene rings is 1. The Morgan fingerprint density at radius 3 is 2.83 bits per heavy atom. The van der Waals surface area contributed by atoms with Crippen LogP contribution in [-0.2, 0) is 6.54 Å². The molecule has 7 heteroatoms. The topological polar surface area (TPSA) is 94.5 Å². The molecule has 0 saturated carbocycles. The number of aromatic hydroxyl groups is 1. The number of carboxylic acid groups (broad SMARTS) is 1. The van der Waals surface area contributed by atoms with Gasteiger partial charge < -0.3 is 20.8 Å². The third kappa shape index (κ3) is 3.11. The van der Waals surface area contributed by atoms with Gasteiger partial charge in [-0.1, -0.05) is 18.2 Å². The van der Waals surface area contributed by atoms with Crippen molar-refractivity contribution in [1.82, 2.24) is 10.3 Å². The molecule has 0 radical (unpaired) electrons. The van der Waals surface area contributed by atoms with Crippen LogP contribution >= 0.6 is 11.3 Å². The minimum Gasteiger partial charge on any atom is -0.493 e. The number of rotatable bonds is 4. The van der Waals surface area contributed by atoms with Gasteiger partial charge in [-0.15, -0.1) is 11.3 Å². The zero-order chi connectivity index (χ0) is 13.0. The highest BCUT2D eigenvalue weighted by atomic mass is 32.1. The highest BCUT2D eigenvalue weighted by Gasteiger charge is 2.06. The minimum atomic E-state index is -1.07. The van der Waals surface area contributed by atoms with E-state index in [0.29, 0.717) is 5.13 Å². The monoisotopic (exact) mass is 265 g/mol. The molecule has 2 rings (SSSR count). The number of nitrogens with one attached hydrogen (secondary N) is 2. The summed E-state index contributed by atoms with van der Waals surface area (Å²) in [5.41, 5.74) is 1.55. The standard InChI is InChI=1S/C11H11N3O3S/c15-9-6-18-10(14-9)13-8-4-2-1-3-7(8)5-12-11(16)17/h1-4,6,12,15H,5H2,(H,13,14)(H,16,17). The Kier molecular flexibility index (Phi) is 3.63. The zero-order valence-electron chi connectivity index (χ0n) is 9.25. The molecule has 94 valence electrons. The molecule has 0 spiro atoms. The summed E-state index contributed by atoms with van der Waals surface area (Å²) in [5.74, 6) is -0.0383. The summed E-state index contributed by atoms with van der Waals surface area (Å²) >= 11 is 1.27. The Labute approximate surface area is 107 Å². The van der Waals surface area contributed by atoms with Crippen molar-refractivity contribution in [3.8, 4) is 5.88 Å². The number of hydrogen-bond donors (Lipinski definition) is 4. The van der Waals surface area contributed by atoms with Crippen molar-refractivity contribution in [3.63, 3.8) is 0 Å². The smallest absolute Gasteiger partial charge is 0.404 e. The van der Waals surface area contributed by atoms with E-state index in [2.05, 4.69) is 15.6 Å². The molecule has 0 fully saturated rings. The molecule has 1 amide bonds. The second-order valence-electron chi connectivity index (χ2n) is 3.45. The number of para-hydroxylation sites is 1. The summed E-state index contributed by atoms with van der Waals surface area (Å²) in [6.07, 6.45) is -1.07. The molecule has 0 aliphatic heterocycles.